The van der Waals surface area contributed by atoms with Crippen molar-refractivity contribution in [3.8, 4) is 5.69 Å². The van der Waals surface area contributed by atoms with Gasteiger partial charge in [-0.05, 0) is 42.5 Å². The van der Waals surface area contributed by atoms with Crippen molar-refractivity contribution >= 4 is 52.1 Å². The van der Waals surface area contributed by atoms with Crippen molar-refractivity contribution in [3.63, 3.8) is 0 Å². The molecule has 7 nitrogen and oxygen atoms in total. The highest BCUT2D eigenvalue weighted by atomic mass is 35.5. The van der Waals surface area contributed by atoms with Crippen molar-refractivity contribution in [1.29, 1.82) is 0 Å². The van der Waals surface area contributed by atoms with Crippen molar-refractivity contribution in [2.75, 3.05) is 0 Å². The van der Waals surface area contributed by atoms with E-state index in [4.69, 9.17) is 27.6 Å². The zero-order valence-electron chi connectivity index (χ0n) is 14.6. The fourth-order valence-electron chi connectivity index (χ4n) is 2.87. The summed E-state index contributed by atoms with van der Waals surface area (Å²) in [6.07, 6.45) is 2.99. The summed E-state index contributed by atoms with van der Waals surface area (Å²) in [7, 11) is 0. The monoisotopic (exact) mass is 427 g/mol. The number of halogens is 2. The Morgan fingerprint density at radius 3 is 2.41 bits per heavy atom. The van der Waals surface area contributed by atoms with Crippen LogP contribution in [-0.2, 0) is 0 Å². The molecule has 0 spiro atoms. The standard InChI is InChI=1S/C20H11Cl2N3O4/c21-14-5-3-6-15(22)19(14)24-17(10-8-12-9-11-18(29-12)25(27)28)23-16-7-2-1-4-13(16)20(24)26/h1-11H. The van der Waals surface area contributed by atoms with Crippen LogP contribution in [0.25, 0.3) is 28.7 Å². The Morgan fingerprint density at radius 2 is 1.72 bits per heavy atom. The number of benzene rings is 2. The third-order valence-electron chi connectivity index (χ3n) is 4.15. The molecule has 0 N–H and O–H groups in total. The molecule has 144 valence electrons. The van der Waals surface area contributed by atoms with Gasteiger partial charge in [0.1, 0.15) is 16.5 Å². The van der Waals surface area contributed by atoms with Crippen LogP contribution in [0.4, 0.5) is 5.88 Å². The first-order chi connectivity index (χ1) is 14.0. The summed E-state index contributed by atoms with van der Waals surface area (Å²) in [6.45, 7) is 0. The maximum absolute atomic E-state index is 13.2. The summed E-state index contributed by atoms with van der Waals surface area (Å²) in [5, 5.41) is 11.7. The highest BCUT2D eigenvalue weighted by Gasteiger charge is 2.16. The van der Waals surface area contributed by atoms with Gasteiger partial charge in [0.25, 0.3) is 5.56 Å². The van der Waals surface area contributed by atoms with E-state index < -0.39 is 4.92 Å². The second-order valence-electron chi connectivity index (χ2n) is 5.96. The molecule has 29 heavy (non-hydrogen) atoms. The van der Waals surface area contributed by atoms with E-state index in [9.17, 15) is 14.9 Å². The quantitative estimate of drug-likeness (QED) is 0.322. The van der Waals surface area contributed by atoms with Gasteiger partial charge in [-0.3, -0.25) is 19.5 Å². The second kappa shape index (κ2) is 7.54. The summed E-state index contributed by atoms with van der Waals surface area (Å²) < 4.78 is 6.43. The lowest BCUT2D eigenvalue weighted by molar-refractivity contribution is -0.402. The van der Waals surface area contributed by atoms with Crippen LogP contribution < -0.4 is 5.56 Å². The van der Waals surface area contributed by atoms with E-state index >= 15 is 0 Å². The van der Waals surface area contributed by atoms with Crippen LogP contribution in [0.2, 0.25) is 10.0 Å². The van der Waals surface area contributed by atoms with Crippen LogP contribution in [-0.4, -0.2) is 14.5 Å². The van der Waals surface area contributed by atoms with Gasteiger partial charge in [0.2, 0.25) is 0 Å². The number of para-hydroxylation sites is 2. The highest BCUT2D eigenvalue weighted by molar-refractivity contribution is 6.37. The molecule has 0 saturated carbocycles. The third kappa shape index (κ3) is 3.53. The predicted molar refractivity (Wildman–Crippen MR) is 112 cm³/mol. The largest absolute Gasteiger partial charge is 0.433 e. The Kier molecular flexibility index (Phi) is 4.92. The van der Waals surface area contributed by atoms with Gasteiger partial charge in [0, 0.05) is 0 Å². The second-order valence-corrected chi connectivity index (χ2v) is 6.78. The normalized spacial score (nSPS) is 11.4. The first-order valence-electron chi connectivity index (χ1n) is 8.34. The van der Waals surface area contributed by atoms with Crippen molar-refractivity contribution in [3.05, 3.63) is 96.7 Å². The zero-order chi connectivity index (χ0) is 20.5. The van der Waals surface area contributed by atoms with Crippen LogP contribution in [0.15, 0.2) is 63.8 Å². The molecule has 9 heteroatoms. The number of aromatic nitrogens is 2. The molecule has 4 aromatic rings. The molecule has 2 aromatic heterocycles. The molecular weight excluding hydrogens is 417 g/mol. The molecule has 0 saturated heterocycles. The van der Waals surface area contributed by atoms with Crippen LogP contribution in [0.5, 0.6) is 0 Å². The first kappa shape index (κ1) is 18.9. The lowest BCUT2D eigenvalue weighted by atomic mass is 10.2. The Hall–Kier alpha value is -3.42. The molecule has 2 aromatic carbocycles. The summed E-state index contributed by atoms with van der Waals surface area (Å²) in [6, 6.07) is 14.5. The summed E-state index contributed by atoms with van der Waals surface area (Å²) in [5.41, 5.74) is 0.432. The lowest BCUT2D eigenvalue weighted by Crippen LogP contribution is -2.23. The van der Waals surface area contributed by atoms with Crippen LogP contribution in [0.3, 0.4) is 0 Å². The fourth-order valence-corrected chi connectivity index (χ4v) is 3.43. The van der Waals surface area contributed by atoms with Gasteiger partial charge in [-0.2, -0.15) is 0 Å². The van der Waals surface area contributed by atoms with Crippen LogP contribution >= 0.6 is 23.2 Å². The van der Waals surface area contributed by atoms with E-state index in [1.807, 2.05) is 0 Å². The molecule has 4 rings (SSSR count). The minimum absolute atomic E-state index is 0.232. The molecule has 2 heterocycles. The number of furan rings is 1. The van der Waals surface area contributed by atoms with E-state index in [1.54, 1.807) is 42.5 Å². The third-order valence-corrected chi connectivity index (χ3v) is 4.76. The molecule has 0 fully saturated rings. The lowest BCUT2D eigenvalue weighted by Gasteiger charge is -2.14. The number of nitrogens with zero attached hydrogens (tertiary/aromatic N) is 3. The van der Waals surface area contributed by atoms with Gasteiger partial charge in [-0.1, -0.05) is 41.4 Å². The molecule has 0 unspecified atom stereocenters. The average molecular weight is 428 g/mol. The smallest absolute Gasteiger partial charge is 0.401 e. The van der Waals surface area contributed by atoms with Crippen molar-refractivity contribution in [2.24, 2.45) is 0 Å². The number of fused-ring (bicyclic) bond motifs is 1. The number of rotatable bonds is 4. The van der Waals surface area contributed by atoms with Gasteiger partial charge in [0.05, 0.1) is 32.7 Å². The number of hydrogen-bond donors (Lipinski definition) is 0. The summed E-state index contributed by atoms with van der Waals surface area (Å²) in [5.74, 6) is 0.0846. The summed E-state index contributed by atoms with van der Waals surface area (Å²) >= 11 is 12.6. The molecule has 0 amide bonds. The van der Waals surface area contributed by atoms with E-state index in [0.29, 0.717) is 16.6 Å². The molecule has 0 aliphatic rings. The van der Waals surface area contributed by atoms with E-state index in [-0.39, 0.29) is 33.1 Å². The topological polar surface area (TPSA) is 91.2 Å². The molecule has 0 radical (unpaired) electrons. The Morgan fingerprint density at radius 1 is 1.00 bits per heavy atom. The molecule has 0 aliphatic heterocycles. The minimum atomic E-state index is -0.634. The Labute approximate surface area is 173 Å². The fraction of sp³-hybridized carbons (Fsp3) is 0. The molecule has 0 atom stereocenters. The van der Waals surface area contributed by atoms with Crippen molar-refractivity contribution < 1.29 is 9.34 Å². The number of hydrogen-bond acceptors (Lipinski definition) is 5. The maximum atomic E-state index is 13.2. The van der Waals surface area contributed by atoms with Crippen LogP contribution in [0.1, 0.15) is 11.6 Å². The van der Waals surface area contributed by atoms with Crippen molar-refractivity contribution in [2.45, 2.75) is 0 Å². The van der Waals surface area contributed by atoms with Gasteiger partial charge in [0.15, 0.2) is 0 Å². The van der Waals surface area contributed by atoms with Gasteiger partial charge < -0.3 is 4.42 Å². The SMILES string of the molecule is O=c1c2ccccc2nc(C=Cc2ccc([N+](=O)[O-])o2)n1-c1c(Cl)cccc1Cl. The van der Waals surface area contributed by atoms with E-state index in [1.165, 1.54) is 28.9 Å². The van der Waals surface area contributed by atoms with Crippen molar-refractivity contribution in [1.82, 2.24) is 9.55 Å². The van der Waals surface area contributed by atoms with Gasteiger partial charge >= 0.3 is 5.88 Å². The summed E-state index contributed by atoms with van der Waals surface area (Å²) in [4.78, 5) is 27.9. The molecular formula is C20H11Cl2N3O4. The van der Waals surface area contributed by atoms with Gasteiger partial charge in [-0.25, -0.2) is 4.98 Å². The average Bonchev–Trinajstić information content (AvgIpc) is 3.17. The van der Waals surface area contributed by atoms with E-state index in [2.05, 4.69) is 4.98 Å². The van der Waals surface area contributed by atoms with Gasteiger partial charge in [-0.15, -0.1) is 0 Å². The maximum Gasteiger partial charge on any atom is 0.433 e. The first-order valence-corrected chi connectivity index (χ1v) is 9.10. The Balaban J connectivity index is 1.96. The molecule has 0 aliphatic carbocycles. The highest BCUT2D eigenvalue weighted by Crippen LogP contribution is 2.29. The zero-order valence-corrected chi connectivity index (χ0v) is 16.1. The number of nitro groups is 1. The van der Waals surface area contributed by atoms with E-state index in [0.717, 1.165) is 0 Å². The predicted octanol–water partition coefficient (Wildman–Crippen LogP) is 5.36. The Bertz CT molecular complexity index is 1320. The molecule has 0 bridgehead atoms. The minimum Gasteiger partial charge on any atom is -0.401 e. The van der Waals surface area contributed by atoms with Crippen LogP contribution in [0, 0.1) is 10.1 Å².